The molecule has 0 aliphatic rings. The van der Waals surface area contributed by atoms with Gasteiger partial charge in [-0.2, -0.15) is 0 Å². The van der Waals surface area contributed by atoms with Crippen molar-refractivity contribution in [3.63, 3.8) is 0 Å². The van der Waals surface area contributed by atoms with Gasteiger partial charge >= 0.3 is 5.97 Å². The lowest BCUT2D eigenvalue weighted by Gasteiger charge is -2.11. The van der Waals surface area contributed by atoms with Gasteiger partial charge in [-0.05, 0) is 13.0 Å². The highest BCUT2D eigenvalue weighted by Gasteiger charge is 2.14. The van der Waals surface area contributed by atoms with Gasteiger partial charge in [0, 0.05) is 0 Å². The zero-order chi connectivity index (χ0) is 12.1. The first kappa shape index (κ1) is 12.7. The Morgan fingerprint density at radius 2 is 2.12 bits per heavy atom. The normalized spacial score (nSPS) is 11.0. The van der Waals surface area contributed by atoms with Gasteiger partial charge in [0.1, 0.15) is 17.1 Å². The van der Waals surface area contributed by atoms with Gasteiger partial charge in [0.2, 0.25) is 0 Å². The van der Waals surface area contributed by atoms with Gasteiger partial charge in [-0.3, -0.25) is 0 Å². The fourth-order valence-electron chi connectivity index (χ4n) is 1.27. The Balaban J connectivity index is 2.61. The van der Waals surface area contributed by atoms with E-state index < -0.39 is 12.0 Å². The van der Waals surface area contributed by atoms with E-state index in [4.69, 9.17) is 19.7 Å². The number of nitrogens with one attached hydrogen (secondary N) is 1. The molecule has 0 amide bonds. The largest absolute Gasteiger partial charge is 0.478 e. The van der Waals surface area contributed by atoms with E-state index >= 15 is 0 Å². The van der Waals surface area contributed by atoms with E-state index in [1.165, 1.54) is 6.07 Å². The molecule has 0 bridgehead atoms. The second-order valence-corrected chi connectivity index (χ2v) is 3.43. The Bertz CT molecular complexity index is 356. The van der Waals surface area contributed by atoms with Crippen molar-refractivity contribution in [2.45, 2.75) is 19.5 Å². The number of aryl methyl sites for hydroxylation is 1. The Morgan fingerprint density at radius 1 is 1.50 bits per heavy atom. The van der Waals surface area contributed by atoms with E-state index in [-0.39, 0.29) is 25.3 Å². The third-order valence-electron chi connectivity index (χ3n) is 2.20. The molecule has 1 heterocycles. The summed E-state index contributed by atoms with van der Waals surface area (Å²) in [5, 5.41) is 29.2. The van der Waals surface area contributed by atoms with Gasteiger partial charge in [0.25, 0.3) is 0 Å². The lowest BCUT2D eigenvalue weighted by Crippen LogP contribution is -2.35. The summed E-state index contributed by atoms with van der Waals surface area (Å²) in [6.45, 7) is 1.45. The van der Waals surface area contributed by atoms with Crippen LogP contribution in [0.3, 0.4) is 0 Å². The summed E-state index contributed by atoms with van der Waals surface area (Å²) in [4.78, 5) is 10.7. The van der Waals surface area contributed by atoms with Crippen LogP contribution in [0.15, 0.2) is 10.5 Å². The first-order valence-electron chi connectivity index (χ1n) is 4.86. The molecule has 1 rings (SSSR count). The van der Waals surface area contributed by atoms with Crippen LogP contribution >= 0.6 is 0 Å². The van der Waals surface area contributed by atoms with Gasteiger partial charge in [0.05, 0.1) is 25.8 Å². The van der Waals surface area contributed by atoms with E-state index in [2.05, 4.69) is 5.32 Å². The van der Waals surface area contributed by atoms with Crippen molar-refractivity contribution in [3.8, 4) is 0 Å². The molecular formula is C10H15NO5. The lowest BCUT2D eigenvalue weighted by atomic mass is 10.2. The zero-order valence-corrected chi connectivity index (χ0v) is 8.93. The molecule has 1 aromatic heterocycles. The van der Waals surface area contributed by atoms with Gasteiger partial charge in [-0.15, -0.1) is 0 Å². The fraction of sp³-hybridized carbons (Fsp3) is 0.500. The number of carboxylic acid groups (broad SMARTS) is 1. The quantitative estimate of drug-likeness (QED) is 0.535. The van der Waals surface area contributed by atoms with Crippen molar-refractivity contribution in [3.05, 3.63) is 23.2 Å². The number of carbonyl (C=O) groups is 1. The summed E-state index contributed by atoms with van der Waals surface area (Å²) in [7, 11) is 0. The standard InChI is InChI=1S/C10H15NO5/c1-6-9(10(14)15)2-8(16-6)3-11-7(4-12)5-13/h2,7,11-13H,3-5H2,1H3,(H,14,15). The molecule has 0 aliphatic carbocycles. The topological polar surface area (TPSA) is 103 Å². The molecule has 0 atom stereocenters. The predicted molar refractivity (Wildman–Crippen MR) is 55.2 cm³/mol. The number of aromatic carboxylic acids is 1. The van der Waals surface area contributed by atoms with Crippen LogP contribution in [0.1, 0.15) is 21.9 Å². The van der Waals surface area contributed by atoms with Crippen molar-refractivity contribution in [2.75, 3.05) is 13.2 Å². The number of aliphatic hydroxyl groups is 2. The monoisotopic (exact) mass is 229 g/mol. The van der Waals surface area contributed by atoms with E-state index in [1.807, 2.05) is 0 Å². The maximum absolute atomic E-state index is 10.7. The molecule has 0 aromatic carbocycles. The van der Waals surface area contributed by atoms with Crippen LogP contribution in [-0.2, 0) is 6.54 Å². The van der Waals surface area contributed by atoms with E-state index in [0.29, 0.717) is 11.5 Å². The Labute approximate surface area is 92.5 Å². The molecule has 6 heteroatoms. The van der Waals surface area contributed by atoms with E-state index in [0.717, 1.165) is 0 Å². The average Bonchev–Trinajstić information content (AvgIpc) is 2.61. The van der Waals surface area contributed by atoms with Crippen molar-refractivity contribution in [1.82, 2.24) is 5.32 Å². The number of aliphatic hydroxyl groups excluding tert-OH is 2. The zero-order valence-electron chi connectivity index (χ0n) is 8.93. The van der Waals surface area contributed by atoms with Gasteiger partial charge in [-0.25, -0.2) is 4.79 Å². The van der Waals surface area contributed by atoms with Crippen LogP contribution in [0.25, 0.3) is 0 Å². The minimum atomic E-state index is -1.03. The van der Waals surface area contributed by atoms with E-state index in [1.54, 1.807) is 6.92 Å². The van der Waals surface area contributed by atoms with Gasteiger partial charge in [0.15, 0.2) is 0 Å². The highest BCUT2D eigenvalue weighted by atomic mass is 16.4. The molecule has 6 nitrogen and oxygen atoms in total. The summed E-state index contributed by atoms with van der Waals surface area (Å²) in [6.07, 6.45) is 0. The molecule has 90 valence electrons. The van der Waals surface area contributed by atoms with Crippen LogP contribution in [0, 0.1) is 6.92 Å². The molecule has 0 unspecified atom stereocenters. The number of furan rings is 1. The van der Waals surface area contributed by atoms with Crippen LogP contribution in [0.2, 0.25) is 0 Å². The molecule has 16 heavy (non-hydrogen) atoms. The number of rotatable bonds is 6. The van der Waals surface area contributed by atoms with Crippen molar-refractivity contribution in [2.24, 2.45) is 0 Å². The molecule has 4 N–H and O–H groups in total. The summed E-state index contributed by atoms with van der Waals surface area (Å²) < 4.78 is 5.21. The SMILES string of the molecule is Cc1oc(CNC(CO)CO)cc1C(=O)O. The van der Waals surface area contributed by atoms with Crippen molar-refractivity contribution < 1.29 is 24.5 Å². The summed E-state index contributed by atoms with van der Waals surface area (Å²) in [6, 6.07) is 0.995. The maximum Gasteiger partial charge on any atom is 0.339 e. The van der Waals surface area contributed by atoms with E-state index in [9.17, 15) is 4.79 Å². The fourth-order valence-corrected chi connectivity index (χ4v) is 1.27. The smallest absolute Gasteiger partial charge is 0.339 e. The molecule has 0 spiro atoms. The Hall–Kier alpha value is -1.37. The van der Waals surface area contributed by atoms with Crippen LogP contribution in [0.5, 0.6) is 0 Å². The third kappa shape index (κ3) is 3.06. The summed E-state index contributed by atoms with van der Waals surface area (Å²) in [5.41, 5.74) is 0.126. The van der Waals surface area contributed by atoms with Crippen molar-refractivity contribution in [1.29, 1.82) is 0 Å². The van der Waals surface area contributed by atoms with Crippen LogP contribution in [0.4, 0.5) is 0 Å². The Kier molecular flexibility index (Phi) is 4.48. The molecular weight excluding hydrogens is 214 g/mol. The first-order valence-corrected chi connectivity index (χ1v) is 4.86. The number of hydrogen-bond acceptors (Lipinski definition) is 5. The Morgan fingerprint density at radius 3 is 2.56 bits per heavy atom. The average molecular weight is 229 g/mol. The molecule has 0 radical (unpaired) electrons. The summed E-state index contributed by atoms with van der Waals surface area (Å²) >= 11 is 0. The highest BCUT2D eigenvalue weighted by molar-refractivity contribution is 5.88. The molecule has 1 aromatic rings. The van der Waals surface area contributed by atoms with Gasteiger partial charge < -0.3 is 25.1 Å². The second kappa shape index (κ2) is 5.64. The molecule has 0 saturated carbocycles. The van der Waals surface area contributed by atoms with Crippen LogP contribution in [-0.4, -0.2) is 40.5 Å². The third-order valence-corrected chi connectivity index (χ3v) is 2.20. The highest BCUT2D eigenvalue weighted by Crippen LogP contribution is 2.14. The maximum atomic E-state index is 10.7. The lowest BCUT2D eigenvalue weighted by molar-refractivity contribution is 0.0695. The molecule has 0 aliphatic heterocycles. The van der Waals surface area contributed by atoms with Gasteiger partial charge in [-0.1, -0.05) is 0 Å². The summed E-state index contributed by atoms with van der Waals surface area (Å²) in [5.74, 6) is -0.232. The minimum Gasteiger partial charge on any atom is -0.478 e. The van der Waals surface area contributed by atoms with Crippen LogP contribution < -0.4 is 5.32 Å². The van der Waals surface area contributed by atoms with Crippen molar-refractivity contribution >= 4 is 5.97 Å². The molecule has 0 fully saturated rings. The molecule has 0 saturated heterocycles. The first-order chi connectivity index (χ1) is 7.58. The predicted octanol–water partition coefficient (Wildman–Crippen LogP) is -0.271. The minimum absolute atomic E-state index is 0.126. The second-order valence-electron chi connectivity index (χ2n) is 3.43. The number of hydrogen-bond donors (Lipinski definition) is 4. The number of carboxylic acids is 1.